The van der Waals surface area contributed by atoms with E-state index < -0.39 is 21.9 Å². The van der Waals surface area contributed by atoms with Crippen LogP contribution in [0.3, 0.4) is 0 Å². The summed E-state index contributed by atoms with van der Waals surface area (Å²) >= 11 is 0. The largest absolute Gasteiger partial charge is 0.481 e. The lowest BCUT2D eigenvalue weighted by molar-refractivity contribution is -0.141. The van der Waals surface area contributed by atoms with Gasteiger partial charge >= 0.3 is 5.97 Å². The average molecular weight is 287 g/mol. The first-order chi connectivity index (χ1) is 8.79. The Kier molecular flexibility index (Phi) is 3.64. The number of hydrogen-bond acceptors (Lipinski definition) is 4. The molecule has 0 aliphatic heterocycles. The maximum absolute atomic E-state index is 12.1. The van der Waals surface area contributed by atoms with Crippen LogP contribution in [0.25, 0.3) is 0 Å². The van der Waals surface area contributed by atoms with Gasteiger partial charge in [-0.15, -0.1) is 0 Å². The first-order valence-electron chi connectivity index (χ1n) is 6.04. The van der Waals surface area contributed by atoms with E-state index in [9.17, 15) is 13.2 Å². The summed E-state index contributed by atoms with van der Waals surface area (Å²) in [5.74, 6) is -0.719. The first kappa shape index (κ1) is 14.0. The molecule has 1 aliphatic carbocycles. The summed E-state index contributed by atoms with van der Waals surface area (Å²) in [6, 6.07) is -0.326. The minimum atomic E-state index is -3.67. The Bertz CT molecular complexity index is 574. The van der Waals surface area contributed by atoms with E-state index in [4.69, 9.17) is 5.11 Å². The zero-order chi connectivity index (χ0) is 14.2. The summed E-state index contributed by atoms with van der Waals surface area (Å²) in [7, 11) is -1.95. The van der Waals surface area contributed by atoms with Crippen LogP contribution in [0.15, 0.2) is 11.2 Å². The highest BCUT2D eigenvalue weighted by molar-refractivity contribution is 7.89. The number of carbonyl (C=O) groups is 1. The number of aryl methyl sites for hydroxylation is 2. The molecule has 2 N–H and O–H groups in total. The zero-order valence-electron chi connectivity index (χ0n) is 10.8. The van der Waals surface area contributed by atoms with Crippen molar-refractivity contribution in [2.45, 2.75) is 37.3 Å². The van der Waals surface area contributed by atoms with Crippen molar-refractivity contribution in [1.82, 2.24) is 14.3 Å². The predicted octanol–water partition coefficient (Wildman–Crippen LogP) is 0.260. The number of carboxylic acids is 1. The van der Waals surface area contributed by atoms with Gasteiger partial charge < -0.3 is 9.67 Å². The summed E-state index contributed by atoms with van der Waals surface area (Å²) in [5, 5.41) is 8.87. The molecule has 0 unspecified atom stereocenters. The summed E-state index contributed by atoms with van der Waals surface area (Å²) < 4.78 is 28.3. The number of sulfonamides is 1. The molecule has 0 radical (unpaired) electrons. The normalized spacial score (nSPS) is 23.7. The standard InChI is InChI=1S/C11H17N3O4S/c1-7-12-10(6-14(7)2)19(17,18)13-9-4-3-8(5-9)11(15)16/h6,8-9,13H,3-5H2,1-2H3,(H,15,16)/t8-,9+/m1/s1. The molecule has 1 aliphatic rings. The molecule has 1 aromatic heterocycles. The summed E-state index contributed by atoms with van der Waals surface area (Å²) in [5.41, 5.74) is 0. The van der Waals surface area contributed by atoms with Crippen LogP contribution in [-0.4, -0.2) is 35.1 Å². The van der Waals surface area contributed by atoms with Crippen LogP contribution in [0.4, 0.5) is 0 Å². The van der Waals surface area contributed by atoms with Gasteiger partial charge in [0, 0.05) is 19.3 Å². The highest BCUT2D eigenvalue weighted by Crippen LogP contribution is 2.26. The molecule has 8 heteroatoms. The Morgan fingerprint density at radius 1 is 1.53 bits per heavy atom. The molecule has 0 aromatic carbocycles. The van der Waals surface area contributed by atoms with Gasteiger partial charge in [-0.2, -0.15) is 0 Å². The Labute approximate surface area is 111 Å². The summed E-state index contributed by atoms with van der Waals surface area (Å²) in [6.45, 7) is 1.72. The van der Waals surface area contributed by atoms with Gasteiger partial charge in [0.25, 0.3) is 10.0 Å². The third-order valence-corrected chi connectivity index (χ3v) is 4.86. The molecule has 0 spiro atoms. The molecule has 0 saturated heterocycles. The number of aliphatic carboxylic acids is 1. The van der Waals surface area contributed by atoms with Gasteiger partial charge in [-0.3, -0.25) is 4.79 Å². The van der Waals surface area contributed by atoms with Crippen LogP contribution < -0.4 is 4.72 Å². The lowest BCUT2D eigenvalue weighted by atomic mass is 10.1. The fourth-order valence-corrected chi connectivity index (χ4v) is 3.57. The van der Waals surface area contributed by atoms with Gasteiger partial charge in [-0.1, -0.05) is 0 Å². The Hall–Kier alpha value is -1.41. The van der Waals surface area contributed by atoms with E-state index in [1.807, 2.05) is 0 Å². The number of carboxylic acid groups (broad SMARTS) is 1. The van der Waals surface area contributed by atoms with E-state index in [1.165, 1.54) is 6.20 Å². The van der Waals surface area contributed by atoms with Crippen LogP contribution in [0, 0.1) is 12.8 Å². The molecule has 1 aromatic rings. The number of nitrogens with one attached hydrogen (secondary N) is 1. The average Bonchev–Trinajstić information content (AvgIpc) is 2.87. The van der Waals surface area contributed by atoms with E-state index in [2.05, 4.69) is 9.71 Å². The quantitative estimate of drug-likeness (QED) is 0.827. The van der Waals surface area contributed by atoms with Crippen molar-refractivity contribution in [1.29, 1.82) is 0 Å². The van der Waals surface area contributed by atoms with Crippen LogP contribution in [0.2, 0.25) is 0 Å². The van der Waals surface area contributed by atoms with E-state index in [-0.39, 0.29) is 11.1 Å². The van der Waals surface area contributed by atoms with Gasteiger partial charge in [0.1, 0.15) is 5.82 Å². The lowest BCUT2D eigenvalue weighted by Gasteiger charge is -2.11. The van der Waals surface area contributed by atoms with Crippen LogP contribution in [0.1, 0.15) is 25.1 Å². The third kappa shape index (κ3) is 2.95. The highest BCUT2D eigenvalue weighted by atomic mass is 32.2. The summed E-state index contributed by atoms with van der Waals surface area (Å²) in [4.78, 5) is 14.8. The molecule has 1 saturated carbocycles. The second kappa shape index (κ2) is 4.93. The van der Waals surface area contributed by atoms with Crippen molar-refractivity contribution < 1.29 is 18.3 Å². The van der Waals surface area contributed by atoms with Crippen molar-refractivity contribution in [3.05, 3.63) is 12.0 Å². The topological polar surface area (TPSA) is 101 Å². The Morgan fingerprint density at radius 2 is 2.21 bits per heavy atom. The van der Waals surface area contributed by atoms with E-state index in [0.29, 0.717) is 25.1 Å². The molecular weight excluding hydrogens is 270 g/mol. The van der Waals surface area contributed by atoms with Gasteiger partial charge in [-0.25, -0.2) is 18.1 Å². The molecule has 2 rings (SSSR count). The van der Waals surface area contributed by atoms with Crippen LogP contribution >= 0.6 is 0 Å². The highest BCUT2D eigenvalue weighted by Gasteiger charge is 2.33. The molecule has 106 valence electrons. The molecular formula is C11H17N3O4S. The van der Waals surface area contributed by atoms with Gasteiger partial charge in [0.05, 0.1) is 5.92 Å². The lowest BCUT2D eigenvalue weighted by Crippen LogP contribution is -2.33. The first-order valence-corrected chi connectivity index (χ1v) is 7.53. The maximum Gasteiger partial charge on any atom is 0.306 e. The maximum atomic E-state index is 12.1. The second-order valence-electron chi connectivity index (χ2n) is 4.90. The van der Waals surface area contributed by atoms with Crippen molar-refractivity contribution in [3.63, 3.8) is 0 Å². The number of nitrogens with zero attached hydrogens (tertiary/aromatic N) is 2. The van der Waals surface area contributed by atoms with Crippen LogP contribution in [0.5, 0.6) is 0 Å². The molecule has 7 nitrogen and oxygen atoms in total. The third-order valence-electron chi connectivity index (χ3n) is 3.47. The SMILES string of the molecule is Cc1nc(S(=O)(=O)N[C@H]2CC[C@@H](C(=O)O)C2)cn1C. The van der Waals surface area contributed by atoms with Gasteiger partial charge in [0.15, 0.2) is 5.03 Å². The summed E-state index contributed by atoms with van der Waals surface area (Å²) in [6.07, 6.45) is 2.83. The molecule has 0 bridgehead atoms. The molecule has 0 amide bonds. The second-order valence-corrected chi connectivity index (χ2v) is 6.56. The number of rotatable bonds is 4. The number of imidazole rings is 1. The number of hydrogen-bond donors (Lipinski definition) is 2. The Morgan fingerprint density at radius 3 is 2.68 bits per heavy atom. The fraction of sp³-hybridized carbons (Fsp3) is 0.636. The molecule has 1 fully saturated rings. The minimum Gasteiger partial charge on any atom is -0.481 e. The molecule has 19 heavy (non-hydrogen) atoms. The van der Waals surface area contributed by atoms with Crippen molar-refractivity contribution >= 4 is 16.0 Å². The van der Waals surface area contributed by atoms with E-state index >= 15 is 0 Å². The van der Waals surface area contributed by atoms with Gasteiger partial charge in [-0.05, 0) is 26.2 Å². The molecule has 2 atom stereocenters. The molecule has 1 heterocycles. The van der Waals surface area contributed by atoms with Crippen LogP contribution in [-0.2, 0) is 21.9 Å². The predicted molar refractivity (Wildman–Crippen MR) is 67.0 cm³/mol. The minimum absolute atomic E-state index is 0.0220. The van der Waals surface area contributed by atoms with E-state index in [1.54, 1.807) is 18.5 Å². The Balaban J connectivity index is 2.08. The monoisotopic (exact) mass is 287 g/mol. The number of aromatic nitrogens is 2. The zero-order valence-corrected chi connectivity index (χ0v) is 11.6. The van der Waals surface area contributed by atoms with E-state index in [0.717, 1.165) is 0 Å². The van der Waals surface area contributed by atoms with Crippen molar-refractivity contribution in [3.8, 4) is 0 Å². The van der Waals surface area contributed by atoms with Gasteiger partial charge in [0.2, 0.25) is 0 Å². The van der Waals surface area contributed by atoms with Crippen molar-refractivity contribution in [2.24, 2.45) is 13.0 Å². The van der Waals surface area contributed by atoms with Crippen molar-refractivity contribution in [2.75, 3.05) is 0 Å². The fourth-order valence-electron chi connectivity index (χ4n) is 2.25. The smallest absolute Gasteiger partial charge is 0.306 e.